The standard InChI is InChI=1S/C29H46O4/c1-18(22(30)8-7-9-25(32)33)19-12-16-29(6)21-10-11-23-26(2,3)24(31)14-15-27(23,4)20(21)13-17-28(19,29)5/h7,9,18-19,22-24,30-31H,8,10-17H2,1-6H3,(H,32,33)/b9-7+/t18-,19?,22?,23?,24-,27+,28+,29-/m0/s1. The normalized spacial score (nSPS) is 44.2. The van der Waals surface area contributed by atoms with Crippen molar-refractivity contribution in [2.24, 2.45) is 39.4 Å². The first kappa shape index (κ1) is 25.0. The minimum atomic E-state index is -0.954. The second kappa shape index (κ2) is 8.22. The van der Waals surface area contributed by atoms with E-state index in [1.165, 1.54) is 19.3 Å². The average Bonchev–Trinajstić information content (AvgIpc) is 3.02. The Hall–Kier alpha value is -1.13. The van der Waals surface area contributed by atoms with Gasteiger partial charge in [0.1, 0.15) is 0 Å². The fraction of sp³-hybridized carbons (Fsp3) is 0.828. The summed E-state index contributed by atoms with van der Waals surface area (Å²) in [6.45, 7) is 14.2. The molecule has 0 aromatic carbocycles. The SMILES string of the molecule is C[C@H](C(O)C/C=C/C(=O)O)C1CC[C@@]2(C)C3=C(CC[C@]12C)[C@@]1(C)CC[C@H](O)C(C)(C)C1CC3. The van der Waals surface area contributed by atoms with E-state index in [1.54, 1.807) is 17.2 Å². The van der Waals surface area contributed by atoms with E-state index in [2.05, 4.69) is 41.5 Å². The number of carbonyl (C=O) groups is 1. The molecule has 8 atom stereocenters. The molecule has 0 aromatic rings. The van der Waals surface area contributed by atoms with E-state index >= 15 is 0 Å². The predicted molar refractivity (Wildman–Crippen MR) is 132 cm³/mol. The molecular weight excluding hydrogens is 412 g/mol. The molecule has 4 rings (SSSR count). The second-order valence-corrected chi connectivity index (χ2v) is 13.1. The Labute approximate surface area is 200 Å². The largest absolute Gasteiger partial charge is 0.478 e. The molecule has 0 aliphatic heterocycles. The van der Waals surface area contributed by atoms with Gasteiger partial charge in [0.25, 0.3) is 0 Å². The molecule has 0 heterocycles. The van der Waals surface area contributed by atoms with Gasteiger partial charge in [-0.15, -0.1) is 0 Å². The van der Waals surface area contributed by atoms with Crippen molar-refractivity contribution in [3.63, 3.8) is 0 Å². The molecule has 4 nitrogen and oxygen atoms in total. The Bertz CT molecular complexity index is 856. The van der Waals surface area contributed by atoms with Crippen LogP contribution in [0, 0.1) is 39.4 Å². The number of aliphatic hydroxyl groups excluding tert-OH is 2. The summed E-state index contributed by atoms with van der Waals surface area (Å²) in [6.07, 6.45) is 11.4. The summed E-state index contributed by atoms with van der Waals surface area (Å²) < 4.78 is 0. The van der Waals surface area contributed by atoms with Crippen molar-refractivity contribution in [3.05, 3.63) is 23.3 Å². The maximum absolute atomic E-state index is 10.9. The first-order chi connectivity index (χ1) is 15.3. The van der Waals surface area contributed by atoms with Crippen LogP contribution in [0.5, 0.6) is 0 Å². The monoisotopic (exact) mass is 458 g/mol. The lowest BCUT2D eigenvalue weighted by Gasteiger charge is -2.62. The molecule has 3 unspecified atom stereocenters. The van der Waals surface area contributed by atoms with E-state index < -0.39 is 12.1 Å². The molecule has 0 aromatic heterocycles. The Balaban J connectivity index is 1.63. The van der Waals surface area contributed by atoms with Gasteiger partial charge in [-0.25, -0.2) is 4.79 Å². The molecule has 2 saturated carbocycles. The van der Waals surface area contributed by atoms with Crippen molar-refractivity contribution in [1.82, 2.24) is 0 Å². The van der Waals surface area contributed by atoms with E-state index in [1.807, 2.05) is 0 Å². The minimum Gasteiger partial charge on any atom is -0.478 e. The molecule has 2 fully saturated rings. The zero-order valence-corrected chi connectivity index (χ0v) is 21.7. The number of fused-ring (bicyclic) bond motifs is 4. The van der Waals surface area contributed by atoms with Gasteiger partial charge < -0.3 is 15.3 Å². The third-order valence-electron chi connectivity index (χ3n) is 11.7. The summed E-state index contributed by atoms with van der Waals surface area (Å²) in [5, 5.41) is 30.6. The van der Waals surface area contributed by atoms with Gasteiger partial charge in [-0.05, 0) is 97.2 Å². The maximum atomic E-state index is 10.9. The van der Waals surface area contributed by atoms with Crippen LogP contribution in [0.3, 0.4) is 0 Å². The molecule has 4 heteroatoms. The van der Waals surface area contributed by atoms with Gasteiger partial charge in [-0.2, -0.15) is 0 Å². The van der Waals surface area contributed by atoms with Gasteiger partial charge in [0.15, 0.2) is 0 Å². The highest BCUT2D eigenvalue weighted by molar-refractivity contribution is 5.79. The predicted octanol–water partition coefficient (Wildman–Crippen LogP) is 6.12. The number of aliphatic carboxylic acids is 1. The molecule has 4 aliphatic rings. The van der Waals surface area contributed by atoms with Gasteiger partial charge in [-0.3, -0.25) is 0 Å². The molecule has 0 spiro atoms. The number of aliphatic hydroxyl groups is 2. The smallest absolute Gasteiger partial charge is 0.327 e. The first-order valence-electron chi connectivity index (χ1n) is 13.3. The van der Waals surface area contributed by atoms with Crippen molar-refractivity contribution >= 4 is 5.97 Å². The van der Waals surface area contributed by atoms with E-state index in [9.17, 15) is 15.0 Å². The summed E-state index contributed by atoms with van der Waals surface area (Å²) >= 11 is 0. The molecule has 0 saturated heterocycles. The number of hydrogen-bond donors (Lipinski definition) is 3. The minimum absolute atomic E-state index is 0.0342. The zero-order chi connectivity index (χ0) is 24.4. The van der Waals surface area contributed by atoms with Crippen LogP contribution in [0.1, 0.15) is 99.3 Å². The van der Waals surface area contributed by atoms with Crippen LogP contribution in [-0.2, 0) is 4.79 Å². The Kier molecular flexibility index (Phi) is 6.22. The second-order valence-electron chi connectivity index (χ2n) is 13.1. The fourth-order valence-corrected chi connectivity index (χ4v) is 9.35. The van der Waals surface area contributed by atoms with Crippen molar-refractivity contribution < 1.29 is 20.1 Å². The Morgan fingerprint density at radius 3 is 2.39 bits per heavy atom. The van der Waals surface area contributed by atoms with Gasteiger partial charge in [0, 0.05) is 6.08 Å². The van der Waals surface area contributed by atoms with Crippen LogP contribution in [0.4, 0.5) is 0 Å². The molecule has 4 aliphatic carbocycles. The Morgan fingerprint density at radius 2 is 1.73 bits per heavy atom. The summed E-state index contributed by atoms with van der Waals surface area (Å²) in [5.41, 5.74) is 3.94. The van der Waals surface area contributed by atoms with Crippen LogP contribution in [0.15, 0.2) is 23.3 Å². The number of carboxylic acid groups (broad SMARTS) is 1. The number of carboxylic acids is 1. The van der Waals surface area contributed by atoms with Crippen LogP contribution in [-0.4, -0.2) is 33.5 Å². The van der Waals surface area contributed by atoms with E-state index in [0.29, 0.717) is 18.3 Å². The molecule has 0 radical (unpaired) electrons. The molecule has 33 heavy (non-hydrogen) atoms. The van der Waals surface area contributed by atoms with Crippen LogP contribution in [0.25, 0.3) is 0 Å². The summed E-state index contributed by atoms with van der Waals surface area (Å²) in [6, 6.07) is 0. The van der Waals surface area contributed by atoms with E-state index in [-0.39, 0.29) is 33.7 Å². The van der Waals surface area contributed by atoms with E-state index in [0.717, 1.165) is 38.2 Å². The van der Waals surface area contributed by atoms with Crippen molar-refractivity contribution in [3.8, 4) is 0 Å². The van der Waals surface area contributed by atoms with Crippen LogP contribution in [0.2, 0.25) is 0 Å². The van der Waals surface area contributed by atoms with Crippen molar-refractivity contribution in [1.29, 1.82) is 0 Å². The first-order valence-corrected chi connectivity index (χ1v) is 13.3. The average molecular weight is 459 g/mol. The highest BCUT2D eigenvalue weighted by Gasteiger charge is 2.63. The van der Waals surface area contributed by atoms with Gasteiger partial charge in [-0.1, -0.05) is 58.8 Å². The molecule has 0 amide bonds. The third-order valence-corrected chi connectivity index (χ3v) is 11.7. The van der Waals surface area contributed by atoms with Gasteiger partial charge in [0.2, 0.25) is 0 Å². The number of rotatable bonds is 5. The maximum Gasteiger partial charge on any atom is 0.327 e. The lowest BCUT2D eigenvalue weighted by molar-refractivity contribution is -0.131. The fourth-order valence-electron chi connectivity index (χ4n) is 9.35. The summed E-state index contributed by atoms with van der Waals surface area (Å²) in [4.78, 5) is 10.8. The molecule has 0 bridgehead atoms. The molecular formula is C29H46O4. The van der Waals surface area contributed by atoms with E-state index in [4.69, 9.17) is 5.11 Å². The third kappa shape index (κ3) is 3.57. The highest BCUT2D eigenvalue weighted by Crippen LogP contribution is 2.72. The quantitative estimate of drug-likeness (QED) is 0.342. The highest BCUT2D eigenvalue weighted by atomic mass is 16.4. The van der Waals surface area contributed by atoms with Crippen LogP contribution >= 0.6 is 0 Å². The molecule has 3 N–H and O–H groups in total. The number of allylic oxidation sites excluding steroid dienone is 2. The Morgan fingerprint density at radius 1 is 1.03 bits per heavy atom. The number of hydrogen-bond acceptors (Lipinski definition) is 3. The topological polar surface area (TPSA) is 77.8 Å². The van der Waals surface area contributed by atoms with Gasteiger partial charge >= 0.3 is 5.97 Å². The lowest BCUT2D eigenvalue weighted by Crippen LogP contribution is -2.55. The molecule has 186 valence electrons. The van der Waals surface area contributed by atoms with Crippen molar-refractivity contribution in [2.75, 3.05) is 0 Å². The zero-order valence-electron chi connectivity index (χ0n) is 21.7. The summed E-state index contributed by atoms with van der Waals surface area (Å²) in [7, 11) is 0. The summed E-state index contributed by atoms with van der Waals surface area (Å²) in [5.74, 6) is 0.178. The van der Waals surface area contributed by atoms with Gasteiger partial charge in [0.05, 0.1) is 12.2 Å². The van der Waals surface area contributed by atoms with Crippen molar-refractivity contribution in [2.45, 2.75) is 112 Å². The van der Waals surface area contributed by atoms with Crippen LogP contribution < -0.4 is 0 Å². The lowest BCUT2D eigenvalue weighted by atomic mass is 9.43.